The highest BCUT2D eigenvalue weighted by Gasteiger charge is 2.45. The van der Waals surface area contributed by atoms with Crippen LogP contribution in [0.15, 0.2) is 11.8 Å². The van der Waals surface area contributed by atoms with Crippen LogP contribution in [0.4, 0.5) is 4.79 Å². The number of aliphatic carboxylic acids is 1. The molecule has 1 saturated heterocycles. The molecule has 2 atom stereocenters. The largest absolute Gasteiger partial charge is 0.477 e. The highest BCUT2D eigenvalue weighted by atomic mass is 32.2. The Bertz CT molecular complexity index is 517. The van der Waals surface area contributed by atoms with Crippen molar-refractivity contribution in [2.75, 3.05) is 6.61 Å². The minimum atomic E-state index is -1.19. The molecule has 2 N–H and O–H groups in total. The molecular formula is C11H12N2O6S. The number of carboxylic acid groups (broad SMARTS) is 1. The minimum Gasteiger partial charge on any atom is -0.477 e. The first-order valence-corrected chi connectivity index (χ1v) is 6.69. The van der Waals surface area contributed by atoms with Crippen molar-refractivity contribution in [3.8, 4) is 0 Å². The van der Waals surface area contributed by atoms with Crippen LogP contribution in [-0.4, -0.2) is 51.1 Å². The summed E-state index contributed by atoms with van der Waals surface area (Å²) >= 11 is 1.34. The summed E-state index contributed by atoms with van der Waals surface area (Å²) in [6, 6.07) is 0. The molecule has 0 spiro atoms. The number of fused-ring (bicyclic) bond motifs is 1. The number of carbonyl (C=O) groups excluding carboxylic acids is 3. The molecule has 0 aromatic carbocycles. The molecule has 0 aromatic rings. The standard InChI is InChI=1S/C11H12N2O6S/c1-5(14)12-11(18)19-4-6-2-7(10(16)17)13-8(15)3-9(13)20-6/h2,6,9H,3-4H2,1H3,(H,16,17)(H,12,14,18)/t6?,9-/m1/s1. The van der Waals surface area contributed by atoms with Crippen molar-refractivity contribution in [3.05, 3.63) is 11.8 Å². The van der Waals surface area contributed by atoms with Gasteiger partial charge in [-0.1, -0.05) is 0 Å². The van der Waals surface area contributed by atoms with Crippen LogP contribution in [0.2, 0.25) is 0 Å². The predicted molar refractivity (Wildman–Crippen MR) is 67.5 cm³/mol. The van der Waals surface area contributed by atoms with Crippen molar-refractivity contribution >= 4 is 35.6 Å². The van der Waals surface area contributed by atoms with E-state index in [1.165, 1.54) is 29.7 Å². The smallest absolute Gasteiger partial charge is 0.413 e. The third-order valence-corrected chi connectivity index (χ3v) is 4.03. The van der Waals surface area contributed by atoms with E-state index in [2.05, 4.69) is 0 Å². The van der Waals surface area contributed by atoms with Gasteiger partial charge < -0.3 is 9.84 Å². The summed E-state index contributed by atoms with van der Waals surface area (Å²) in [5.41, 5.74) is -0.0921. The van der Waals surface area contributed by atoms with Gasteiger partial charge in [0.15, 0.2) is 0 Å². The number of hydrogen-bond donors (Lipinski definition) is 2. The summed E-state index contributed by atoms with van der Waals surface area (Å²) in [6.07, 6.45) is 0.767. The highest BCUT2D eigenvalue weighted by molar-refractivity contribution is 8.00. The van der Waals surface area contributed by atoms with Crippen molar-refractivity contribution in [1.29, 1.82) is 0 Å². The molecule has 2 aliphatic rings. The molecule has 3 amide bonds. The van der Waals surface area contributed by atoms with E-state index in [0.717, 1.165) is 0 Å². The third kappa shape index (κ3) is 2.93. The summed E-state index contributed by atoms with van der Waals surface area (Å²) in [4.78, 5) is 45.4. The summed E-state index contributed by atoms with van der Waals surface area (Å²) in [7, 11) is 0. The zero-order chi connectivity index (χ0) is 14.9. The van der Waals surface area contributed by atoms with Crippen LogP contribution in [0.1, 0.15) is 13.3 Å². The van der Waals surface area contributed by atoms with Crippen LogP contribution in [0.25, 0.3) is 0 Å². The Hall–Kier alpha value is -2.03. The van der Waals surface area contributed by atoms with Crippen molar-refractivity contribution in [1.82, 2.24) is 10.2 Å². The van der Waals surface area contributed by atoms with E-state index in [1.54, 1.807) is 0 Å². The molecule has 108 valence electrons. The Balaban J connectivity index is 1.97. The number of alkyl carbamates (subject to hydrolysis) is 1. The Labute approximate surface area is 118 Å². The molecule has 9 heteroatoms. The van der Waals surface area contributed by atoms with E-state index >= 15 is 0 Å². The number of thioether (sulfide) groups is 1. The first-order chi connectivity index (χ1) is 9.38. The van der Waals surface area contributed by atoms with Crippen molar-refractivity contribution in [3.63, 3.8) is 0 Å². The lowest BCUT2D eigenvalue weighted by molar-refractivity contribution is -0.146. The number of ether oxygens (including phenoxy) is 1. The Morgan fingerprint density at radius 2 is 2.25 bits per heavy atom. The first-order valence-electron chi connectivity index (χ1n) is 5.75. The summed E-state index contributed by atoms with van der Waals surface area (Å²) < 4.78 is 4.82. The fourth-order valence-corrected chi connectivity index (χ4v) is 3.23. The van der Waals surface area contributed by atoms with Crippen LogP contribution in [0.3, 0.4) is 0 Å². The van der Waals surface area contributed by atoms with Gasteiger partial charge in [0.05, 0.1) is 17.0 Å². The van der Waals surface area contributed by atoms with E-state index in [1.807, 2.05) is 5.32 Å². The third-order valence-electron chi connectivity index (χ3n) is 2.72. The molecule has 2 heterocycles. The summed E-state index contributed by atoms with van der Waals surface area (Å²) in [5, 5.41) is 10.4. The monoisotopic (exact) mass is 300 g/mol. The van der Waals surface area contributed by atoms with Gasteiger partial charge >= 0.3 is 12.1 Å². The van der Waals surface area contributed by atoms with E-state index in [9.17, 15) is 19.2 Å². The van der Waals surface area contributed by atoms with E-state index < -0.39 is 18.0 Å². The molecule has 2 aliphatic heterocycles. The molecule has 1 fully saturated rings. The molecule has 0 bridgehead atoms. The molecule has 1 unspecified atom stereocenters. The fourth-order valence-electron chi connectivity index (χ4n) is 1.88. The van der Waals surface area contributed by atoms with Gasteiger partial charge in [0.2, 0.25) is 11.8 Å². The lowest BCUT2D eigenvalue weighted by Crippen LogP contribution is -2.54. The van der Waals surface area contributed by atoms with Gasteiger partial charge in [-0.3, -0.25) is 19.8 Å². The molecule has 0 radical (unpaired) electrons. The zero-order valence-corrected chi connectivity index (χ0v) is 11.3. The van der Waals surface area contributed by atoms with Gasteiger partial charge in [-0.15, -0.1) is 11.8 Å². The normalized spacial score (nSPS) is 24.1. The Morgan fingerprint density at radius 1 is 1.55 bits per heavy atom. The predicted octanol–water partition coefficient (Wildman–Crippen LogP) is -0.0986. The fraction of sp³-hybridized carbons (Fsp3) is 0.455. The molecule has 0 aromatic heterocycles. The number of amides is 3. The van der Waals surface area contributed by atoms with E-state index in [-0.39, 0.29) is 35.3 Å². The average molecular weight is 300 g/mol. The first kappa shape index (κ1) is 14.4. The minimum absolute atomic E-state index is 0.0703. The number of β-lactam (4-membered cyclic amide) rings is 1. The van der Waals surface area contributed by atoms with Gasteiger partial charge in [-0.2, -0.15) is 0 Å². The van der Waals surface area contributed by atoms with Crippen LogP contribution in [0.5, 0.6) is 0 Å². The molecule has 0 aliphatic carbocycles. The lowest BCUT2D eigenvalue weighted by atomic mass is 10.1. The molecular weight excluding hydrogens is 288 g/mol. The topological polar surface area (TPSA) is 113 Å². The second-order valence-corrected chi connectivity index (χ2v) is 5.66. The average Bonchev–Trinajstić information content (AvgIpc) is 2.33. The summed E-state index contributed by atoms with van der Waals surface area (Å²) in [6.45, 7) is 1.11. The number of hydrogen-bond acceptors (Lipinski definition) is 6. The Morgan fingerprint density at radius 3 is 2.80 bits per heavy atom. The molecule has 2 rings (SSSR count). The van der Waals surface area contributed by atoms with Gasteiger partial charge in [0.1, 0.15) is 12.3 Å². The van der Waals surface area contributed by atoms with Crippen molar-refractivity contribution in [2.24, 2.45) is 0 Å². The molecule has 20 heavy (non-hydrogen) atoms. The second-order valence-electron chi connectivity index (χ2n) is 4.23. The van der Waals surface area contributed by atoms with Gasteiger partial charge in [0, 0.05) is 6.92 Å². The number of rotatable bonds is 3. The highest BCUT2D eigenvalue weighted by Crippen LogP contribution is 2.40. The van der Waals surface area contributed by atoms with Crippen molar-refractivity contribution in [2.45, 2.75) is 24.0 Å². The summed E-state index contributed by atoms with van der Waals surface area (Å²) in [5.74, 6) is -1.96. The Kier molecular flexibility index (Phi) is 3.98. The van der Waals surface area contributed by atoms with Crippen LogP contribution in [-0.2, 0) is 19.1 Å². The second kappa shape index (κ2) is 5.53. The molecule has 8 nitrogen and oxygen atoms in total. The maximum atomic E-state index is 11.3. The van der Waals surface area contributed by atoms with Gasteiger partial charge in [0.25, 0.3) is 0 Å². The number of nitrogens with zero attached hydrogens (tertiary/aromatic N) is 1. The number of carboxylic acids is 1. The molecule has 0 saturated carbocycles. The number of carbonyl (C=O) groups is 4. The van der Waals surface area contributed by atoms with E-state index in [0.29, 0.717) is 0 Å². The lowest BCUT2D eigenvalue weighted by Gasteiger charge is -2.44. The van der Waals surface area contributed by atoms with Gasteiger partial charge in [-0.05, 0) is 6.08 Å². The van der Waals surface area contributed by atoms with E-state index in [4.69, 9.17) is 9.84 Å². The van der Waals surface area contributed by atoms with Crippen LogP contribution in [0, 0.1) is 0 Å². The van der Waals surface area contributed by atoms with Crippen LogP contribution < -0.4 is 5.32 Å². The number of imide groups is 1. The number of nitrogens with one attached hydrogen (secondary N) is 1. The SMILES string of the molecule is CC(=O)NC(=O)OCC1C=C(C(=O)O)N2C(=O)C[C@H]2S1. The van der Waals surface area contributed by atoms with Crippen LogP contribution >= 0.6 is 11.8 Å². The maximum Gasteiger partial charge on any atom is 0.413 e. The van der Waals surface area contributed by atoms with Crippen molar-refractivity contribution < 1.29 is 29.0 Å². The quantitative estimate of drug-likeness (QED) is 0.700. The zero-order valence-electron chi connectivity index (χ0n) is 10.5. The van der Waals surface area contributed by atoms with Gasteiger partial charge in [-0.25, -0.2) is 9.59 Å². The maximum absolute atomic E-state index is 11.3.